The second kappa shape index (κ2) is 5.84. The van der Waals surface area contributed by atoms with Crippen LogP contribution in [0.3, 0.4) is 0 Å². The van der Waals surface area contributed by atoms with E-state index in [1.807, 2.05) is 13.8 Å². The molecule has 1 heterocycles. The Labute approximate surface area is 112 Å². The van der Waals surface area contributed by atoms with Crippen LogP contribution in [0.4, 0.5) is 5.69 Å². The number of anilines is 1. The molecule has 0 saturated heterocycles. The smallest absolute Gasteiger partial charge is 0.251 e. The Morgan fingerprint density at radius 1 is 1.47 bits per heavy atom. The molecular weight excluding hydrogens is 244 g/mol. The van der Waals surface area contributed by atoms with E-state index in [4.69, 9.17) is 4.74 Å². The van der Waals surface area contributed by atoms with E-state index in [0.29, 0.717) is 25.1 Å². The highest BCUT2D eigenvalue weighted by atomic mass is 16.5. The average molecular weight is 262 g/mol. The van der Waals surface area contributed by atoms with Crippen LogP contribution in [0.1, 0.15) is 29.8 Å². The minimum atomic E-state index is -0.144. The van der Waals surface area contributed by atoms with Crippen LogP contribution in [0, 0.1) is 0 Å². The largest absolute Gasteiger partial charge is 0.377 e. The molecule has 5 nitrogen and oxygen atoms in total. The van der Waals surface area contributed by atoms with Crippen LogP contribution in [0.2, 0.25) is 0 Å². The van der Waals surface area contributed by atoms with Crippen molar-refractivity contribution in [3.63, 3.8) is 0 Å². The van der Waals surface area contributed by atoms with Crippen molar-refractivity contribution in [2.75, 3.05) is 18.5 Å². The summed E-state index contributed by atoms with van der Waals surface area (Å²) in [5.41, 5.74) is 2.24. The zero-order valence-corrected chi connectivity index (χ0v) is 11.2. The lowest BCUT2D eigenvalue weighted by molar-refractivity contribution is -0.115. The van der Waals surface area contributed by atoms with Gasteiger partial charge < -0.3 is 15.4 Å². The van der Waals surface area contributed by atoms with E-state index in [2.05, 4.69) is 10.6 Å². The molecule has 0 spiro atoms. The molecule has 102 valence electrons. The Balaban J connectivity index is 1.90. The van der Waals surface area contributed by atoms with Crippen molar-refractivity contribution in [1.82, 2.24) is 5.32 Å². The SMILES string of the molecule is CC(C)OCCNC(=O)c1ccc2c(c1)CC(=O)N2. The summed E-state index contributed by atoms with van der Waals surface area (Å²) in [6, 6.07) is 5.23. The van der Waals surface area contributed by atoms with Gasteiger partial charge in [-0.25, -0.2) is 0 Å². The van der Waals surface area contributed by atoms with Crippen LogP contribution in [0.5, 0.6) is 0 Å². The number of hydrogen-bond donors (Lipinski definition) is 2. The monoisotopic (exact) mass is 262 g/mol. The molecule has 19 heavy (non-hydrogen) atoms. The number of rotatable bonds is 5. The molecule has 1 aromatic rings. The molecule has 1 aromatic carbocycles. The maximum Gasteiger partial charge on any atom is 0.251 e. The Bertz CT molecular complexity index is 497. The number of carbonyl (C=O) groups is 2. The van der Waals surface area contributed by atoms with Crippen molar-refractivity contribution in [1.29, 1.82) is 0 Å². The first-order chi connectivity index (χ1) is 9.06. The summed E-state index contributed by atoms with van der Waals surface area (Å²) in [5.74, 6) is -0.174. The van der Waals surface area contributed by atoms with Crippen molar-refractivity contribution in [3.8, 4) is 0 Å². The van der Waals surface area contributed by atoms with Gasteiger partial charge in [-0.1, -0.05) is 0 Å². The fourth-order valence-electron chi connectivity index (χ4n) is 1.93. The van der Waals surface area contributed by atoms with E-state index >= 15 is 0 Å². The maximum absolute atomic E-state index is 11.9. The summed E-state index contributed by atoms with van der Waals surface area (Å²) >= 11 is 0. The summed E-state index contributed by atoms with van der Waals surface area (Å²) in [6.07, 6.45) is 0.501. The van der Waals surface area contributed by atoms with Gasteiger partial charge >= 0.3 is 0 Å². The lowest BCUT2D eigenvalue weighted by Gasteiger charge is -2.09. The third-order valence-corrected chi connectivity index (χ3v) is 2.83. The van der Waals surface area contributed by atoms with Crippen LogP contribution in [0.15, 0.2) is 18.2 Å². The van der Waals surface area contributed by atoms with Gasteiger partial charge in [0.15, 0.2) is 0 Å². The molecule has 1 aliphatic heterocycles. The molecule has 5 heteroatoms. The van der Waals surface area contributed by atoms with Crippen LogP contribution in [-0.4, -0.2) is 31.1 Å². The number of fused-ring (bicyclic) bond motifs is 1. The van der Waals surface area contributed by atoms with Gasteiger partial charge in [-0.05, 0) is 37.6 Å². The van der Waals surface area contributed by atoms with Crippen molar-refractivity contribution in [2.24, 2.45) is 0 Å². The van der Waals surface area contributed by atoms with Gasteiger partial charge in [-0.2, -0.15) is 0 Å². The second-order valence-corrected chi connectivity index (χ2v) is 4.77. The van der Waals surface area contributed by atoms with Crippen LogP contribution < -0.4 is 10.6 Å². The van der Waals surface area contributed by atoms with Crippen LogP contribution >= 0.6 is 0 Å². The number of benzene rings is 1. The van der Waals surface area contributed by atoms with Gasteiger partial charge in [-0.3, -0.25) is 9.59 Å². The van der Waals surface area contributed by atoms with Gasteiger partial charge in [0.25, 0.3) is 5.91 Å². The van der Waals surface area contributed by atoms with Gasteiger partial charge in [0, 0.05) is 17.8 Å². The summed E-state index contributed by atoms with van der Waals surface area (Å²) in [5, 5.41) is 5.53. The first kappa shape index (κ1) is 13.5. The summed E-state index contributed by atoms with van der Waals surface area (Å²) in [4.78, 5) is 23.1. The third-order valence-electron chi connectivity index (χ3n) is 2.83. The summed E-state index contributed by atoms with van der Waals surface area (Å²) in [6.45, 7) is 4.87. The van der Waals surface area contributed by atoms with Gasteiger partial charge in [0.2, 0.25) is 5.91 Å². The average Bonchev–Trinajstić information content (AvgIpc) is 2.73. The van der Waals surface area contributed by atoms with E-state index in [0.717, 1.165) is 11.3 Å². The zero-order chi connectivity index (χ0) is 13.8. The fraction of sp³-hybridized carbons (Fsp3) is 0.429. The minimum absolute atomic E-state index is 0.0297. The normalized spacial score (nSPS) is 13.3. The lowest BCUT2D eigenvalue weighted by atomic mass is 10.1. The molecule has 0 unspecified atom stereocenters. The highest BCUT2D eigenvalue weighted by molar-refractivity contribution is 6.01. The van der Waals surface area contributed by atoms with Crippen LogP contribution in [0.25, 0.3) is 0 Å². The van der Waals surface area contributed by atoms with Crippen molar-refractivity contribution in [2.45, 2.75) is 26.4 Å². The Hall–Kier alpha value is -1.88. The Morgan fingerprint density at radius 3 is 3.00 bits per heavy atom. The summed E-state index contributed by atoms with van der Waals surface area (Å²) < 4.78 is 5.35. The number of ether oxygens (including phenoxy) is 1. The highest BCUT2D eigenvalue weighted by Crippen LogP contribution is 2.23. The predicted molar refractivity (Wildman–Crippen MR) is 72.2 cm³/mol. The molecule has 0 bridgehead atoms. The van der Waals surface area contributed by atoms with E-state index < -0.39 is 0 Å². The quantitative estimate of drug-likeness (QED) is 0.787. The van der Waals surface area contributed by atoms with E-state index in [1.165, 1.54) is 0 Å². The third kappa shape index (κ3) is 3.54. The number of carbonyl (C=O) groups excluding carboxylic acids is 2. The number of amides is 2. The Morgan fingerprint density at radius 2 is 2.26 bits per heavy atom. The molecule has 0 aliphatic carbocycles. The van der Waals surface area contributed by atoms with Crippen molar-refractivity contribution in [3.05, 3.63) is 29.3 Å². The van der Waals surface area contributed by atoms with Crippen molar-refractivity contribution >= 4 is 17.5 Å². The number of hydrogen-bond acceptors (Lipinski definition) is 3. The first-order valence-electron chi connectivity index (χ1n) is 6.39. The fourth-order valence-corrected chi connectivity index (χ4v) is 1.93. The molecule has 0 aromatic heterocycles. The molecule has 0 atom stereocenters. The number of nitrogens with one attached hydrogen (secondary N) is 2. The predicted octanol–water partition coefficient (Wildman–Crippen LogP) is 1.34. The molecule has 2 N–H and O–H groups in total. The van der Waals surface area contributed by atoms with Gasteiger partial charge in [0.05, 0.1) is 19.1 Å². The summed E-state index contributed by atoms with van der Waals surface area (Å²) in [7, 11) is 0. The standard InChI is InChI=1S/C14H18N2O3/c1-9(2)19-6-5-15-14(18)10-3-4-12-11(7-10)8-13(17)16-12/h3-4,7,9H,5-6,8H2,1-2H3,(H,15,18)(H,16,17). The van der Waals surface area contributed by atoms with Crippen molar-refractivity contribution < 1.29 is 14.3 Å². The molecule has 2 amide bonds. The maximum atomic E-state index is 11.9. The van der Waals surface area contributed by atoms with E-state index in [-0.39, 0.29) is 17.9 Å². The molecule has 0 radical (unpaired) electrons. The molecule has 1 aliphatic rings. The minimum Gasteiger partial charge on any atom is -0.377 e. The topological polar surface area (TPSA) is 67.4 Å². The molecule has 2 rings (SSSR count). The van der Waals surface area contributed by atoms with Gasteiger partial charge in [-0.15, -0.1) is 0 Å². The Kier molecular flexibility index (Phi) is 4.16. The molecular formula is C14H18N2O3. The van der Waals surface area contributed by atoms with Crippen LogP contribution in [-0.2, 0) is 16.0 Å². The lowest BCUT2D eigenvalue weighted by Crippen LogP contribution is -2.28. The molecule has 0 saturated carbocycles. The van der Waals surface area contributed by atoms with Gasteiger partial charge in [0.1, 0.15) is 0 Å². The second-order valence-electron chi connectivity index (χ2n) is 4.77. The zero-order valence-electron chi connectivity index (χ0n) is 11.2. The van der Waals surface area contributed by atoms with E-state index in [9.17, 15) is 9.59 Å². The molecule has 0 fully saturated rings. The first-order valence-corrected chi connectivity index (χ1v) is 6.39. The highest BCUT2D eigenvalue weighted by Gasteiger charge is 2.18. The van der Waals surface area contributed by atoms with E-state index in [1.54, 1.807) is 18.2 Å².